The van der Waals surface area contributed by atoms with Gasteiger partial charge in [0.25, 0.3) is 0 Å². The number of hydrogen-bond donors (Lipinski definition) is 2. The highest BCUT2D eigenvalue weighted by atomic mass is 16.5. The van der Waals surface area contributed by atoms with Crippen molar-refractivity contribution >= 4 is 17.6 Å². The number of rotatable bonds is 7. The van der Waals surface area contributed by atoms with Crippen LogP contribution in [0.1, 0.15) is 18.1 Å². The lowest BCUT2D eigenvalue weighted by molar-refractivity contribution is -0.117. The number of carbonyl (C=O) groups is 2. The number of carbonyl (C=O) groups excluding carboxylic acids is 2. The second kappa shape index (κ2) is 10.6. The van der Waals surface area contributed by atoms with Crippen LogP contribution in [0.2, 0.25) is 0 Å². The summed E-state index contributed by atoms with van der Waals surface area (Å²) in [5, 5.41) is 5.91. The van der Waals surface area contributed by atoms with Crippen molar-refractivity contribution < 1.29 is 14.3 Å². The number of urea groups is 1. The summed E-state index contributed by atoms with van der Waals surface area (Å²) in [6, 6.07) is 11.4. The van der Waals surface area contributed by atoms with Crippen LogP contribution in [-0.2, 0) is 17.8 Å². The first-order chi connectivity index (χ1) is 14.6. The molecule has 2 aromatic rings. The van der Waals surface area contributed by atoms with E-state index in [2.05, 4.69) is 27.4 Å². The molecule has 1 aromatic heterocycles. The molecule has 0 unspecified atom stereocenters. The van der Waals surface area contributed by atoms with E-state index >= 15 is 0 Å². The molecule has 3 rings (SSSR count). The van der Waals surface area contributed by atoms with Gasteiger partial charge in [-0.05, 0) is 24.1 Å². The van der Waals surface area contributed by atoms with E-state index in [0.29, 0.717) is 45.1 Å². The van der Waals surface area contributed by atoms with Crippen molar-refractivity contribution in [2.45, 2.75) is 19.9 Å². The third-order valence-corrected chi connectivity index (χ3v) is 5.17. The van der Waals surface area contributed by atoms with Crippen LogP contribution in [0.25, 0.3) is 0 Å². The van der Waals surface area contributed by atoms with E-state index in [1.807, 2.05) is 36.4 Å². The monoisotopic (exact) mass is 411 g/mol. The van der Waals surface area contributed by atoms with Gasteiger partial charge in [0, 0.05) is 50.2 Å². The van der Waals surface area contributed by atoms with Gasteiger partial charge < -0.3 is 20.3 Å². The highest BCUT2D eigenvalue weighted by molar-refractivity contribution is 5.93. The second-order valence-corrected chi connectivity index (χ2v) is 7.15. The van der Waals surface area contributed by atoms with Crippen LogP contribution in [0.15, 0.2) is 42.6 Å². The smallest absolute Gasteiger partial charge is 0.317 e. The maximum Gasteiger partial charge on any atom is 0.317 e. The molecule has 1 aliphatic rings. The average molecular weight is 412 g/mol. The first-order valence-electron chi connectivity index (χ1n) is 10.2. The van der Waals surface area contributed by atoms with Crippen LogP contribution in [0.3, 0.4) is 0 Å². The number of pyridine rings is 1. The van der Waals surface area contributed by atoms with E-state index in [1.54, 1.807) is 18.2 Å². The predicted molar refractivity (Wildman–Crippen MR) is 115 cm³/mol. The van der Waals surface area contributed by atoms with Crippen molar-refractivity contribution in [1.29, 1.82) is 0 Å². The van der Waals surface area contributed by atoms with Crippen LogP contribution in [0, 0.1) is 0 Å². The summed E-state index contributed by atoms with van der Waals surface area (Å²) in [5.41, 5.74) is 2.82. The summed E-state index contributed by atoms with van der Waals surface area (Å²) in [4.78, 5) is 32.9. The first kappa shape index (κ1) is 21.6. The zero-order chi connectivity index (χ0) is 21.3. The van der Waals surface area contributed by atoms with Gasteiger partial charge in [-0.1, -0.05) is 31.2 Å². The lowest BCUT2D eigenvalue weighted by Crippen LogP contribution is -2.52. The number of anilines is 1. The minimum absolute atomic E-state index is 0.0301. The summed E-state index contributed by atoms with van der Waals surface area (Å²) in [5.74, 6) is 0.482. The Morgan fingerprint density at radius 2 is 1.80 bits per heavy atom. The molecule has 0 radical (unpaired) electrons. The largest absolute Gasteiger partial charge is 0.481 e. The molecule has 160 valence electrons. The summed E-state index contributed by atoms with van der Waals surface area (Å²) < 4.78 is 5.21. The molecular weight excluding hydrogens is 382 g/mol. The molecule has 30 heavy (non-hydrogen) atoms. The molecule has 0 aliphatic carbocycles. The van der Waals surface area contributed by atoms with Gasteiger partial charge in [0.15, 0.2) is 0 Å². The summed E-state index contributed by atoms with van der Waals surface area (Å²) >= 11 is 0. The Balaban J connectivity index is 1.43. The molecule has 1 fully saturated rings. The van der Waals surface area contributed by atoms with Gasteiger partial charge >= 0.3 is 6.03 Å². The van der Waals surface area contributed by atoms with Gasteiger partial charge in [-0.3, -0.25) is 9.69 Å². The van der Waals surface area contributed by atoms with E-state index in [1.165, 1.54) is 0 Å². The quantitative estimate of drug-likeness (QED) is 0.729. The standard InChI is InChI=1S/C22H29N5O3/c1-3-17-7-4-5-9-19(17)25-20(28)16-26-11-13-27(14-12-26)22(29)24-15-18-8-6-10-23-21(18)30-2/h4-10H,3,11-16H2,1-2H3,(H,24,29)(H,25,28). The van der Waals surface area contributed by atoms with Gasteiger partial charge in [0.1, 0.15) is 0 Å². The number of ether oxygens (including phenoxy) is 1. The fourth-order valence-electron chi connectivity index (χ4n) is 3.48. The fourth-order valence-corrected chi connectivity index (χ4v) is 3.48. The lowest BCUT2D eigenvalue weighted by Gasteiger charge is -2.34. The normalized spacial score (nSPS) is 14.3. The van der Waals surface area contributed by atoms with Crippen molar-refractivity contribution in [2.24, 2.45) is 0 Å². The van der Waals surface area contributed by atoms with E-state index in [-0.39, 0.29) is 11.9 Å². The number of para-hydroxylation sites is 1. The Kier molecular flexibility index (Phi) is 7.62. The maximum absolute atomic E-state index is 12.5. The molecule has 0 atom stereocenters. The van der Waals surface area contributed by atoms with Crippen molar-refractivity contribution in [3.63, 3.8) is 0 Å². The van der Waals surface area contributed by atoms with Crippen molar-refractivity contribution in [2.75, 3.05) is 45.2 Å². The Bertz CT molecular complexity index is 865. The molecule has 8 heteroatoms. The number of benzene rings is 1. The minimum atomic E-state index is -0.123. The van der Waals surface area contributed by atoms with Crippen LogP contribution in [-0.4, -0.2) is 66.6 Å². The Morgan fingerprint density at radius 3 is 2.53 bits per heavy atom. The zero-order valence-electron chi connectivity index (χ0n) is 17.6. The molecule has 0 bridgehead atoms. The molecule has 0 saturated carbocycles. The number of methoxy groups -OCH3 is 1. The highest BCUT2D eigenvalue weighted by Crippen LogP contribution is 2.16. The number of hydrogen-bond acceptors (Lipinski definition) is 5. The van der Waals surface area contributed by atoms with Crippen molar-refractivity contribution in [3.8, 4) is 5.88 Å². The summed E-state index contributed by atoms with van der Waals surface area (Å²) in [7, 11) is 1.56. The van der Waals surface area contributed by atoms with Gasteiger partial charge in [0.2, 0.25) is 11.8 Å². The topological polar surface area (TPSA) is 86.8 Å². The molecule has 1 aromatic carbocycles. The number of aryl methyl sites for hydroxylation is 1. The number of piperazine rings is 1. The first-order valence-corrected chi connectivity index (χ1v) is 10.2. The number of nitrogens with zero attached hydrogens (tertiary/aromatic N) is 3. The van der Waals surface area contributed by atoms with Crippen LogP contribution >= 0.6 is 0 Å². The predicted octanol–water partition coefficient (Wildman–Crippen LogP) is 2.12. The summed E-state index contributed by atoms with van der Waals surface area (Å²) in [6.45, 7) is 5.22. The van der Waals surface area contributed by atoms with Crippen molar-refractivity contribution in [1.82, 2.24) is 20.1 Å². The third kappa shape index (κ3) is 5.70. The van der Waals surface area contributed by atoms with Crippen LogP contribution in [0.5, 0.6) is 5.88 Å². The molecule has 3 amide bonds. The van der Waals surface area contributed by atoms with E-state index in [4.69, 9.17) is 4.74 Å². The minimum Gasteiger partial charge on any atom is -0.481 e. The third-order valence-electron chi connectivity index (χ3n) is 5.17. The van der Waals surface area contributed by atoms with Crippen molar-refractivity contribution in [3.05, 3.63) is 53.7 Å². The van der Waals surface area contributed by atoms with Gasteiger partial charge in [-0.25, -0.2) is 9.78 Å². The number of nitrogens with one attached hydrogen (secondary N) is 2. The summed E-state index contributed by atoms with van der Waals surface area (Å²) in [6.07, 6.45) is 2.52. The van der Waals surface area contributed by atoms with Gasteiger partial charge in [-0.15, -0.1) is 0 Å². The highest BCUT2D eigenvalue weighted by Gasteiger charge is 2.22. The van der Waals surface area contributed by atoms with Gasteiger partial charge in [-0.2, -0.15) is 0 Å². The average Bonchev–Trinajstić information content (AvgIpc) is 2.78. The fraction of sp³-hybridized carbons (Fsp3) is 0.409. The molecule has 1 aliphatic heterocycles. The molecule has 0 spiro atoms. The Labute approximate surface area is 177 Å². The zero-order valence-corrected chi connectivity index (χ0v) is 17.6. The van der Waals surface area contributed by atoms with E-state index < -0.39 is 0 Å². The molecule has 1 saturated heterocycles. The van der Waals surface area contributed by atoms with Gasteiger partial charge in [0.05, 0.1) is 13.7 Å². The Hall–Kier alpha value is -3.13. The van der Waals surface area contributed by atoms with Crippen LogP contribution < -0.4 is 15.4 Å². The second-order valence-electron chi connectivity index (χ2n) is 7.15. The molecular formula is C22H29N5O3. The maximum atomic E-state index is 12.5. The van der Waals surface area contributed by atoms with E-state index in [9.17, 15) is 9.59 Å². The number of aromatic nitrogens is 1. The SMILES string of the molecule is CCc1ccccc1NC(=O)CN1CCN(C(=O)NCc2cccnc2OC)CC1. The lowest BCUT2D eigenvalue weighted by atomic mass is 10.1. The molecule has 2 heterocycles. The number of amides is 3. The Morgan fingerprint density at radius 1 is 1.07 bits per heavy atom. The van der Waals surface area contributed by atoms with Crippen LogP contribution in [0.4, 0.5) is 10.5 Å². The molecule has 8 nitrogen and oxygen atoms in total. The van der Waals surface area contributed by atoms with E-state index in [0.717, 1.165) is 23.2 Å². The molecule has 2 N–H and O–H groups in total.